The molecule has 0 radical (unpaired) electrons. The molecule has 0 unspecified atom stereocenters. The van der Waals surface area contributed by atoms with Crippen LogP contribution in [0.3, 0.4) is 0 Å². The van der Waals surface area contributed by atoms with Gasteiger partial charge in [-0.3, -0.25) is 0 Å². The summed E-state index contributed by atoms with van der Waals surface area (Å²) >= 11 is 0. The fourth-order valence-electron chi connectivity index (χ4n) is 1.22. The second-order valence-corrected chi connectivity index (χ2v) is 2.89. The summed E-state index contributed by atoms with van der Waals surface area (Å²) in [5.74, 6) is 5.93. The van der Waals surface area contributed by atoms with E-state index in [1.54, 1.807) is 12.5 Å². The Labute approximate surface area is 81.6 Å². The fourth-order valence-corrected chi connectivity index (χ4v) is 1.22. The zero-order chi connectivity index (χ0) is 9.80. The van der Waals surface area contributed by atoms with E-state index in [0.29, 0.717) is 12.4 Å². The SMILES string of the molecule is NNc1cccc(Cn2ccnc2)n1. The van der Waals surface area contributed by atoms with E-state index in [1.807, 2.05) is 29.0 Å². The monoisotopic (exact) mass is 189 g/mol. The van der Waals surface area contributed by atoms with Crippen molar-refractivity contribution in [3.8, 4) is 0 Å². The number of rotatable bonds is 3. The third kappa shape index (κ3) is 1.89. The van der Waals surface area contributed by atoms with E-state index < -0.39 is 0 Å². The predicted octanol–water partition coefficient (Wildman–Crippen LogP) is 0.612. The smallest absolute Gasteiger partial charge is 0.140 e. The Kier molecular flexibility index (Phi) is 2.42. The van der Waals surface area contributed by atoms with E-state index in [4.69, 9.17) is 5.84 Å². The summed E-state index contributed by atoms with van der Waals surface area (Å²) in [5, 5.41) is 0. The summed E-state index contributed by atoms with van der Waals surface area (Å²) < 4.78 is 1.95. The highest BCUT2D eigenvalue weighted by Gasteiger charge is 1.96. The van der Waals surface area contributed by atoms with Crippen LogP contribution in [0.1, 0.15) is 5.69 Å². The molecule has 2 rings (SSSR count). The van der Waals surface area contributed by atoms with E-state index >= 15 is 0 Å². The summed E-state index contributed by atoms with van der Waals surface area (Å²) in [5.41, 5.74) is 3.45. The Bertz CT molecular complexity index is 395. The molecule has 0 saturated carbocycles. The molecular weight excluding hydrogens is 178 g/mol. The average Bonchev–Trinajstić information content (AvgIpc) is 2.71. The van der Waals surface area contributed by atoms with E-state index in [2.05, 4.69) is 15.4 Å². The molecule has 0 atom stereocenters. The van der Waals surface area contributed by atoms with Crippen molar-refractivity contribution in [2.45, 2.75) is 6.54 Å². The van der Waals surface area contributed by atoms with Crippen LogP contribution >= 0.6 is 0 Å². The number of hydrazine groups is 1. The van der Waals surface area contributed by atoms with Gasteiger partial charge in [0, 0.05) is 12.4 Å². The number of pyridine rings is 1. The molecule has 0 aliphatic rings. The largest absolute Gasteiger partial charge is 0.331 e. The first-order valence-electron chi connectivity index (χ1n) is 4.27. The van der Waals surface area contributed by atoms with Crippen LogP contribution in [0.2, 0.25) is 0 Å². The normalized spacial score (nSPS) is 10.1. The first-order valence-corrected chi connectivity index (χ1v) is 4.27. The van der Waals surface area contributed by atoms with Crippen molar-refractivity contribution < 1.29 is 0 Å². The lowest BCUT2D eigenvalue weighted by atomic mass is 10.3. The van der Waals surface area contributed by atoms with Crippen LogP contribution in [-0.4, -0.2) is 14.5 Å². The number of imidazole rings is 1. The lowest BCUT2D eigenvalue weighted by Crippen LogP contribution is -2.10. The van der Waals surface area contributed by atoms with Gasteiger partial charge in [0.15, 0.2) is 0 Å². The molecule has 2 aromatic heterocycles. The molecular formula is C9H11N5. The molecule has 5 heteroatoms. The summed E-state index contributed by atoms with van der Waals surface area (Å²) in [6, 6.07) is 5.67. The molecule has 0 aromatic carbocycles. The van der Waals surface area contributed by atoms with Gasteiger partial charge in [0.2, 0.25) is 0 Å². The number of hydrogen-bond acceptors (Lipinski definition) is 4. The van der Waals surface area contributed by atoms with Crippen LogP contribution in [0.4, 0.5) is 5.82 Å². The molecule has 0 spiro atoms. The van der Waals surface area contributed by atoms with Gasteiger partial charge in [0.05, 0.1) is 18.6 Å². The highest BCUT2D eigenvalue weighted by molar-refractivity contribution is 5.33. The molecule has 0 saturated heterocycles. The maximum absolute atomic E-state index is 5.26. The molecule has 3 N–H and O–H groups in total. The number of nitrogen functional groups attached to an aromatic ring is 1. The third-order valence-corrected chi connectivity index (χ3v) is 1.86. The van der Waals surface area contributed by atoms with Crippen molar-refractivity contribution in [3.63, 3.8) is 0 Å². The number of nitrogens with zero attached hydrogens (tertiary/aromatic N) is 3. The minimum atomic E-state index is 0.669. The van der Waals surface area contributed by atoms with Crippen molar-refractivity contribution in [1.82, 2.24) is 14.5 Å². The van der Waals surface area contributed by atoms with Crippen molar-refractivity contribution in [2.75, 3.05) is 5.43 Å². The molecule has 0 aliphatic carbocycles. The first kappa shape index (κ1) is 8.71. The molecule has 0 fully saturated rings. The van der Waals surface area contributed by atoms with Crippen molar-refractivity contribution in [2.24, 2.45) is 5.84 Å². The minimum absolute atomic E-state index is 0.669. The van der Waals surface area contributed by atoms with Crippen LogP contribution < -0.4 is 11.3 Å². The Morgan fingerprint density at radius 2 is 2.36 bits per heavy atom. The first-order chi connectivity index (χ1) is 6.88. The number of hydrogen-bond donors (Lipinski definition) is 2. The molecule has 2 aromatic rings. The fraction of sp³-hybridized carbons (Fsp3) is 0.111. The van der Waals surface area contributed by atoms with E-state index in [-0.39, 0.29) is 0 Å². The molecule has 72 valence electrons. The number of nitrogens with two attached hydrogens (primary N) is 1. The van der Waals surface area contributed by atoms with Gasteiger partial charge in [-0.25, -0.2) is 15.8 Å². The summed E-state index contributed by atoms with van der Waals surface area (Å²) in [6.45, 7) is 0.704. The molecule has 0 bridgehead atoms. The van der Waals surface area contributed by atoms with Gasteiger partial charge in [0.25, 0.3) is 0 Å². The number of aromatic nitrogens is 3. The van der Waals surface area contributed by atoms with Crippen molar-refractivity contribution >= 4 is 5.82 Å². The number of anilines is 1. The van der Waals surface area contributed by atoms with Gasteiger partial charge in [-0.1, -0.05) is 6.07 Å². The van der Waals surface area contributed by atoms with Crippen LogP contribution in [0.5, 0.6) is 0 Å². The van der Waals surface area contributed by atoms with Gasteiger partial charge in [0.1, 0.15) is 5.82 Å². The van der Waals surface area contributed by atoms with Gasteiger partial charge in [-0.05, 0) is 12.1 Å². The average molecular weight is 189 g/mol. The van der Waals surface area contributed by atoms with E-state index in [1.165, 1.54) is 0 Å². The quantitative estimate of drug-likeness (QED) is 0.548. The van der Waals surface area contributed by atoms with Crippen LogP contribution in [-0.2, 0) is 6.54 Å². The summed E-state index contributed by atoms with van der Waals surface area (Å²) in [7, 11) is 0. The lowest BCUT2D eigenvalue weighted by Gasteiger charge is -2.03. The second-order valence-electron chi connectivity index (χ2n) is 2.89. The van der Waals surface area contributed by atoms with Gasteiger partial charge in [-0.15, -0.1) is 0 Å². The zero-order valence-electron chi connectivity index (χ0n) is 7.59. The molecule has 2 heterocycles. The Morgan fingerprint density at radius 1 is 1.43 bits per heavy atom. The van der Waals surface area contributed by atoms with Gasteiger partial charge >= 0.3 is 0 Å². The Hall–Kier alpha value is -1.88. The van der Waals surface area contributed by atoms with E-state index in [9.17, 15) is 0 Å². The van der Waals surface area contributed by atoms with Crippen LogP contribution in [0, 0.1) is 0 Å². The predicted molar refractivity (Wildman–Crippen MR) is 53.4 cm³/mol. The topological polar surface area (TPSA) is 68.8 Å². The standard InChI is InChI=1S/C9H11N5/c10-13-9-3-1-2-8(12-9)6-14-5-4-11-7-14/h1-5,7H,6,10H2,(H,12,13). The highest BCUT2D eigenvalue weighted by atomic mass is 15.2. The molecule has 0 amide bonds. The maximum atomic E-state index is 5.26. The summed E-state index contributed by atoms with van der Waals surface area (Å²) in [6.07, 6.45) is 5.39. The summed E-state index contributed by atoms with van der Waals surface area (Å²) in [4.78, 5) is 8.24. The number of nitrogens with one attached hydrogen (secondary N) is 1. The third-order valence-electron chi connectivity index (χ3n) is 1.86. The van der Waals surface area contributed by atoms with Gasteiger partial charge < -0.3 is 9.99 Å². The Balaban J connectivity index is 2.17. The van der Waals surface area contributed by atoms with Crippen LogP contribution in [0.25, 0.3) is 0 Å². The van der Waals surface area contributed by atoms with E-state index in [0.717, 1.165) is 5.69 Å². The maximum Gasteiger partial charge on any atom is 0.140 e. The second kappa shape index (κ2) is 3.89. The van der Waals surface area contributed by atoms with Crippen LogP contribution in [0.15, 0.2) is 36.9 Å². The Morgan fingerprint density at radius 3 is 3.07 bits per heavy atom. The van der Waals surface area contributed by atoms with Crippen molar-refractivity contribution in [3.05, 3.63) is 42.6 Å². The molecule has 0 aliphatic heterocycles. The lowest BCUT2D eigenvalue weighted by molar-refractivity contribution is 0.773. The zero-order valence-corrected chi connectivity index (χ0v) is 7.59. The van der Waals surface area contributed by atoms with Gasteiger partial charge in [-0.2, -0.15) is 0 Å². The van der Waals surface area contributed by atoms with Crippen molar-refractivity contribution in [1.29, 1.82) is 0 Å². The minimum Gasteiger partial charge on any atom is -0.331 e. The molecule has 5 nitrogen and oxygen atoms in total. The highest BCUT2D eigenvalue weighted by Crippen LogP contribution is 2.04. The molecule has 14 heavy (non-hydrogen) atoms.